The van der Waals surface area contributed by atoms with Gasteiger partial charge in [0.25, 0.3) is 0 Å². The van der Waals surface area contributed by atoms with Gasteiger partial charge in [-0.3, -0.25) is 4.98 Å². The van der Waals surface area contributed by atoms with E-state index in [1.165, 1.54) is 183 Å². The van der Waals surface area contributed by atoms with Crippen LogP contribution in [-0.4, -0.2) is 23.3 Å². The molecule has 0 saturated heterocycles. The standard InChI is InChI=1S/C30H17NO2.C30H17NOS.C30H17NS2.C29H16N2S2/c3*1-2-8-18(9-3-1)31-23-16-14-21-19-10-4-6-12-25(19)32-29(21)27(23)28-24(31)17-15-22-20-11-5-7-13-26(20)33-30(22)28;1-3-7-24-18(5-1)20-9-11-22-26(28(20)32-24)27-23(31(22)17-13-15-30-16-14-17)12-10-21-19-6-2-4-8-25(19)33-29(21)27/h3*1-17H;1-16H. The topological polar surface area (TPSA) is 72.0 Å². The molecule has 0 aliphatic heterocycles. The van der Waals surface area contributed by atoms with Gasteiger partial charge >= 0.3 is 0 Å². The van der Waals surface area contributed by atoms with Crippen molar-refractivity contribution in [3.05, 3.63) is 407 Å². The zero-order valence-corrected chi connectivity index (χ0v) is 74.3. The molecule has 0 amide bonds. The van der Waals surface area contributed by atoms with E-state index in [9.17, 15) is 0 Å². The smallest absolute Gasteiger partial charge is 0.145 e. The van der Waals surface area contributed by atoms with Gasteiger partial charge in [0.05, 0.1) is 60.3 Å². The van der Waals surface area contributed by atoms with Crippen molar-refractivity contribution in [3.63, 3.8) is 0 Å². The second kappa shape index (κ2) is 28.8. The number of hydrogen-bond donors (Lipinski definition) is 0. The third-order valence-corrected chi connectivity index (χ3v) is 33.1. The lowest BCUT2D eigenvalue weighted by molar-refractivity contribution is 0.670. The van der Waals surface area contributed by atoms with Gasteiger partial charge in [-0.15, -0.1) is 56.7 Å². The number of para-hydroxylation sites is 6. The van der Waals surface area contributed by atoms with Crippen LogP contribution in [0, 0.1) is 0 Å². The summed E-state index contributed by atoms with van der Waals surface area (Å²) in [6.07, 6.45) is 3.76. The first kappa shape index (κ1) is 74.0. The van der Waals surface area contributed by atoms with Crippen LogP contribution in [-0.2, 0) is 0 Å². The molecule has 19 aromatic carbocycles. The summed E-state index contributed by atoms with van der Waals surface area (Å²) in [5, 5.41) is 30.4. The van der Waals surface area contributed by atoms with Gasteiger partial charge < -0.3 is 31.5 Å². The minimum Gasteiger partial charge on any atom is -0.455 e. The van der Waals surface area contributed by atoms with E-state index in [0.717, 1.165) is 93.9 Å². The summed E-state index contributed by atoms with van der Waals surface area (Å²) < 4.78 is 42.6. The first-order chi connectivity index (χ1) is 65.5. The van der Waals surface area contributed by atoms with Crippen LogP contribution in [0.15, 0.2) is 420 Å². The van der Waals surface area contributed by atoms with Crippen LogP contribution in [0.2, 0.25) is 0 Å². The van der Waals surface area contributed by atoms with Crippen LogP contribution >= 0.6 is 56.7 Å². The molecule has 32 aromatic rings. The molecule has 13 heterocycles. The normalized spacial score (nSPS) is 12.2. The summed E-state index contributed by atoms with van der Waals surface area (Å²) >= 11 is 9.54. The molecule has 0 atom stereocenters. The Kier molecular flexibility index (Phi) is 16.1. The fourth-order valence-corrected chi connectivity index (χ4v) is 27.8. The molecule has 8 nitrogen and oxygen atoms in total. The Morgan fingerprint density at radius 1 is 0.159 bits per heavy atom. The van der Waals surface area contributed by atoms with Gasteiger partial charge in [-0.2, -0.15) is 0 Å². The number of thiophene rings is 5. The number of benzene rings is 19. The Bertz CT molecular complexity index is 8770. The van der Waals surface area contributed by atoms with Crippen molar-refractivity contribution in [2.75, 3.05) is 0 Å². The Morgan fingerprint density at radius 3 is 0.621 bits per heavy atom. The minimum atomic E-state index is 0.900. The van der Waals surface area contributed by atoms with Crippen molar-refractivity contribution < 1.29 is 13.3 Å². The Morgan fingerprint density at radius 2 is 0.356 bits per heavy atom. The molecule has 13 aromatic heterocycles. The maximum atomic E-state index is 6.54. The third kappa shape index (κ3) is 10.8. The number of furan rings is 3. The van der Waals surface area contributed by atoms with Gasteiger partial charge in [-0.05, 0) is 164 Å². The zero-order chi connectivity index (χ0) is 86.1. The molecule has 0 saturated carbocycles. The predicted octanol–water partition coefficient (Wildman–Crippen LogP) is 36.1. The van der Waals surface area contributed by atoms with Crippen molar-refractivity contribution in [2.24, 2.45) is 0 Å². The summed E-state index contributed by atoms with van der Waals surface area (Å²) in [7, 11) is 0. The second-order valence-corrected chi connectivity index (χ2v) is 39.3. The molecule has 616 valence electrons. The summed E-state index contributed by atoms with van der Waals surface area (Å²) in [5.41, 5.74) is 19.8. The average molecular weight is 1780 g/mol. The van der Waals surface area contributed by atoms with Crippen LogP contribution in [0.1, 0.15) is 0 Å². The summed E-state index contributed by atoms with van der Waals surface area (Å²) in [4.78, 5) is 4.26. The average Bonchev–Trinajstić information content (AvgIpc) is 1.56. The van der Waals surface area contributed by atoms with E-state index < -0.39 is 0 Å². The number of hydrogen-bond acceptors (Lipinski definition) is 9. The monoisotopic (exact) mass is 1770 g/mol. The van der Waals surface area contributed by atoms with E-state index in [1.54, 1.807) is 0 Å². The Labute approximate surface area is 770 Å². The van der Waals surface area contributed by atoms with Crippen LogP contribution in [0.25, 0.3) is 277 Å². The molecule has 0 aliphatic rings. The van der Waals surface area contributed by atoms with Crippen LogP contribution < -0.4 is 0 Å². The Balaban J connectivity index is 0.0000000862. The highest BCUT2D eigenvalue weighted by molar-refractivity contribution is 7.29. The maximum Gasteiger partial charge on any atom is 0.145 e. The van der Waals surface area contributed by atoms with Gasteiger partial charge in [0, 0.05) is 195 Å². The quantitative estimate of drug-likeness (QED) is 0.176. The summed E-state index contributed by atoms with van der Waals surface area (Å²) in [6, 6.07) is 141. The largest absolute Gasteiger partial charge is 0.455 e. The first-order valence-corrected chi connectivity index (χ1v) is 48.4. The molecule has 0 unspecified atom stereocenters. The molecular weight excluding hydrogens is 1710 g/mol. The Hall–Kier alpha value is -16.0. The lowest BCUT2D eigenvalue weighted by Crippen LogP contribution is -1.93. The second-order valence-electron chi connectivity index (χ2n) is 34.0. The molecule has 0 N–H and O–H groups in total. The molecular formula is C119H67N5O3S5. The van der Waals surface area contributed by atoms with Crippen LogP contribution in [0.5, 0.6) is 0 Å². The molecule has 0 bridgehead atoms. The van der Waals surface area contributed by atoms with Crippen molar-refractivity contribution in [3.8, 4) is 22.7 Å². The number of nitrogens with zero attached hydrogens (tertiary/aromatic N) is 5. The van der Waals surface area contributed by atoms with Gasteiger partial charge in [-0.25, -0.2) is 0 Å². The van der Waals surface area contributed by atoms with E-state index in [1.807, 2.05) is 105 Å². The van der Waals surface area contributed by atoms with Gasteiger partial charge in [0.15, 0.2) is 0 Å². The lowest BCUT2D eigenvalue weighted by Gasteiger charge is -2.07. The SMILES string of the molecule is c1ccc(-n2c3ccc4c5ccccc5oc4c3c3c4oc5ccccc5c4ccc32)cc1.c1ccc(-n2c3ccc4c5ccccc5oc4c3c3c4sc5ccccc5c4ccc32)cc1.c1ccc(-n2c3ccc4c5ccccc5sc4c3c3c4sc5ccccc5c4ccc32)cc1.c1ccc2c(c1)sc1c2ccc2c1c1c3sc4ccccc4c3ccc1n2-c1ccncc1. The molecule has 0 radical (unpaired) electrons. The summed E-state index contributed by atoms with van der Waals surface area (Å²) in [6.45, 7) is 0. The first-order valence-electron chi connectivity index (χ1n) is 44.3. The maximum absolute atomic E-state index is 6.54. The highest BCUT2D eigenvalue weighted by Gasteiger charge is 2.28. The highest BCUT2D eigenvalue weighted by atomic mass is 32.1. The van der Waals surface area contributed by atoms with E-state index in [-0.39, 0.29) is 0 Å². The number of fused-ring (bicyclic) bond motifs is 44. The number of pyridine rings is 1. The fraction of sp³-hybridized carbons (Fsp3) is 0. The van der Waals surface area contributed by atoms with Crippen LogP contribution in [0.3, 0.4) is 0 Å². The highest BCUT2D eigenvalue weighted by Crippen LogP contribution is 2.54. The molecule has 32 rings (SSSR count). The summed E-state index contributed by atoms with van der Waals surface area (Å²) in [5.74, 6) is 0. The predicted molar refractivity (Wildman–Crippen MR) is 567 cm³/mol. The van der Waals surface area contributed by atoms with Crippen LogP contribution in [0.4, 0.5) is 0 Å². The molecule has 13 heteroatoms. The van der Waals surface area contributed by atoms with Crippen molar-refractivity contribution in [1.82, 2.24) is 23.3 Å². The molecule has 0 spiro atoms. The van der Waals surface area contributed by atoms with E-state index in [0.29, 0.717) is 0 Å². The zero-order valence-electron chi connectivity index (χ0n) is 70.2. The van der Waals surface area contributed by atoms with Crippen molar-refractivity contribution in [1.29, 1.82) is 0 Å². The van der Waals surface area contributed by atoms with Gasteiger partial charge in [-0.1, -0.05) is 231 Å². The van der Waals surface area contributed by atoms with Gasteiger partial charge in [0.2, 0.25) is 0 Å². The number of rotatable bonds is 4. The van der Waals surface area contributed by atoms with E-state index in [4.69, 9.17) is 13.3 Å². The molecule has 132 heavy (non-hydrogen) atoms. The lowest BCUT2D eigenvalue weighted by atomic mass is 10.1. The third-order valence-electron chi connectivity index (χ3n) is 27.1. The number of aromatic nitrogens is 5. The van der Waals surface area contributed by atoms with E-state index >= 15 is 0 Å². The van der Waals surface area contributed by atoms with Gasteiger partial charge in [0.1, 0.15) is 33.5 Å². The van der Waals surface area contributed by atoms with Crippen molar-refractivity contribution in [2.45, 2.75) is 0 Å². The fourth-order valence-electron chi connectivity index (χ4n) is 21.5. The minimum absolute atomic E-state index is 0.900. The van der Waals surface area contributed by atoms with E-state index in [2.05, 4.69) is 381 Å². The molecule has 0 fully saturated rings. The van der Waals surface area contributed by atoms with Crippen molar-refractivity contribution >= 4 is 311 Å². The molecule has 0 aliphatic carbocycles.